The molecule has 0 saturated heterocycles. The van der Waals surface area contributed by atoms with Gasteiger partial charge in [-0.1, -0.05) is 54.2 Å². The van der Waals surface area contributed by atoms with Gasteiger partial charge in [-0.15, -0.1) is 0 Å². The van der Waals surface area contributed by atoms with Crippen LogP contribution in [-0.2, 0) is 16.4 Å². The number of hydrogen-bond acceptors (Lipinski definition) is 5. The van der Waals surface area contributed by atoms with Gasteiger partial charge in [-0.3, -0.25) is 0 Å². The minimum Gasteiger partial charge on any atom is -0.478 e. The first-order valence-corrected chi connectivity index (χ1v) is 11.1. The lowest BCUT2D eigenvalue weighted by atomic mass is 10.2. The second kappa shape index (κ2) is 9.13. The summed E-state index contributed by atoms with van der Waals surface area (Å²) in [7, 11) is -3.70. The zero-order valence-corrected chi connectivity index (χ0v) is 17.0. The maximum Gasteiger partial charge on any atom is 0.336 e. The largest absolute Gasteiger partial charge is 0.478 e. The van der Waals surface area contributed by atoms with Crippen LogP contribution in [0.25, 0.3) is 0 Å². The predicted molar refractivity (Wildman–Crippen MR) is 114 cm³/mol. The zero-order valence-electron chi connectivity index (χ0n) is 15.4. The Morgan fingerprint density at radius 3 is 2.34 bits per heavy atom. The van der Waals surface area contributed by atoms with Crippen molar-refractivity contribution < 1.29 is 18.3 Å². The SMILES string of the molecule is Nc1cc(S(=O)(=O)NCCc2ccccc2)ccc1Sc1ccccc1C(=O)O. The molecule has 0 amide bonds. The van der Waals surface area contributed by atoms with Crippen LogP contribution in [0.1, 0.15) is 15.9 Å². The van der Waals surface area contributed by atoms with E-state index in [9.17, 15) is 18.3 Å². The molecule has 0 aromatic heterocycles. The van der Waals surface area contributed by atoms with Crippen molar-refractivity contribution in [1.82, 2.24) is 4.72 Å². The van der Waals surface area contributed by atoms with E-state index in [1.807, 2.05) is 30.3 Å². The average Bonchev–Trinajstić information content (AvgIpc) is 2.70. The molecule has 3 rings (SSSR count). The van der Waals surface area contributed by atoms with Crippen molar-refractivity contribution in [3.8, 4) is 0 Å². The van der Waals surface area contributed by atoms with Crippen molar-refractivity contribution in [2.45, 2.75) is 21.1 Å². The van der Waals surface area contributed by atoms with Crippen LogP contribution in [0, 0.1) is 0 Å². The number of carbonyl (C=O) groups is 1. The second-order valence-corrected chi connectivity index (χ2v) is 9.09. The van der Waals surface area contributed by atoms with Crippen molar-refractivity contribution in [2.24, 2.45) is 0 Å². The number of nitrogens with one attached hydrogen (secondary N) is 1. The van der Waals surface area contributed by atoms with Crippen molar-refractivity contribution in [1.29, 1.82) is 0 Å². The van der Waals surface area contributed by atoms with Crippen LogP contribution in [0.3, 0.4) is 0 Å². The van der Waals surface area contributed by atoms with E-state index < -0.39 is 16.0 Å². The Bertz CT molecular complexity index is 1120. The maximum atomic E-state index is 12.5. The van der Waals surface area contributed by atoms with E-state index >= 15 is 0 Å². The first kappa shape index (κ1) is 20.9. The number of hydrogen-bond donors (Lipinski definition) is 3. The number of anilines is 1. The van der Waals surface area contributed by atoms with Gasteiger partial charge in [0.2, 0.25) is 10.0 Å². The van der Waals surface area contributed by atoms with Gasteiger partial charge in [-0.25, -0.2) is 17.9 Å². The predicted octanol–water partition coefficient (Wildman–Crippen LogP) is 3.64. The molecule has 0 spiro atoms. The van der Waals surface area contributed by atoms with Crippen molar-refractivity contribution in [3.63, 3.8) is 0 Å². The fourth-order valence-corrected chi connectivity index (χ4v) is 4.72. The van der Waals surface area contributed by atoms with Gasteiger partial charge in [-0.2, -0.15) is 0 Å². The Hall–Kier alpha value is -2.81. The van der Waals surface area contributed by atoms with Gasteiger partial charge < -0.3 is 10.8 Å². The first-order chi connectivity index (χ1) is 13.9. The number of sulfonamides is 1. The molecular weight excluding hydrogens is 408 g/mol. The Labute approximate surface area is 173 Å². The van der Waals surface area contributed by atoms with E-state index in [4.69, 9.17) is 5.73 Å². The molecule has 3 aromatic rings. The number of nitrogens with two attached hydrogens (primary N) is 1. The lowest BCUT2D eigenvalue weighted by Gasteiger charge is -2.11. The number of carboxylic acid groups (broad SMARTS) is 1. The average molecular weight is 429 g/mol. The standard InChI is InChI=1S/C21H20N2O4S2/c22-18-14-16(29(26,27)23-13-12-15-6-2-1-3-7-15)10-11-20(18)28-19-9-5-4-8-17(19)21(24)25/h1-11,14,23H,12-13,22H2,(H,24,25). The molecule has 150 valence electrons. The van der Waals surface area contributed by atoms with Gasteiger partial charge in [0.05, 0.1) is 10.5 Å². The highest BCUT2D eigenvalue weighted by molar-refractivity contribution is 7.99. The summed E-state index contributed by atoms with van der Waals surface area (Å²) >= 11 is 1.18. The van der Waals surface area contributed by atoms with Crippen LogP contribution in [0.5, 0.6) is 0 Å². The quantitative estimate of drug-likeness (QED) is 0.473. The molecule has 0 heterocycles. The second-order valence-electron chi connectivity index (χ2n) is 6.24. The summed E-state index contributed by atoms with van der Waals surface area (Å²) in [4.78, 5) is 12.5. The summed E-state index contributed by atoms with van der Waals surface area (Å²) < 4.78 is 27.6. The molecule has 0 fully saturated rings. The minimum atomic E-state index is -3.70. The van der Waals surface area contributed by atoms with E-state index in [0.29, 0.717) is 16.2 Å². The lowest BCUT2D eigenvalue weighted by molar-refractivity contribution is 0.0693. The zero-order chi connectivity index (χ0) is 20.9. The van der Waals surface area contributed by atoms with Crippen molar-refractivity contribution in [3.05, 3.63) is 83.9 Å². The third-order valence-electron chi connectivity index (χ3n) is 4.18. The number of carboxylic acids is 1. The molecule has 0 radical (unpaired) electrons. The number of aromatic carboxylic acids is 1. The summed E-state index contributed by atoms with van der Waals surface area (Å²) in [6, 6.07) is 20.6. The molecule has 0 unspecified atom stereocenters. The van der Waals surface area contributed by atoms with Crippen LogP contribution in [0.15, 0.2) is 87.5 Å². The molecule has 8 heteroatoms. The van der Waals surface area contributed by atoms with E-state index in [0.717, 1.165) is 5.56 Å². The summed E-state index contributed by atoms with van der Waals surface area (Å²) in [5.41, 5.74) is 7.52. The lowest BCUT2D eigenvalue weighted by Crippen LogP contribution is -2.26. The fraction of sp³-hybridized carbons (Fsp3) is 0.0952. The summed E-state index contributed by atoms with van der Waals surface area (Å²) in [6.45, 7) is 0.273. The molecule has 0 aliphatic rings. The number of benzene rings is 3. The molecule has 6 nitrogen and oxygen atoms in total. The Balaban J connectivity index is 1.72. The maximum absolute atomic E-state index is 12.5. The third kappa shape index (κ3) is 5.38. The summed E-state index contributed by atoms with van der Waals surface area (Å²) in [5, 5.41) is 9.30. The van der Waals surface area contributed by atoms with Gasteiger partial charge in [0.15, 0.2) is 0 Å². The molecule has 0 aliphatic heterocycles. The van der Waals surface area contributed by atoms with Crippen molar-refractivity contribution in [2.75, 3.05) is 12.3 Å². The number of nitrogen functional groups attached to an aromatic ring is 1. The topological polar surface area (TPSA) is 109 Å². The summed E-state index contributed by atoms with van der Waals surface area (Å²) in [5.74, 6) is -1.03. The minimum absolute atomic E-state index is 0.0685. The van der Waals surface area contributed by atoms with Gasteiger partial charge >= 0.3 is 5.97 Å². The molecule has 4 N–H and O–H groups in total. The first-order valence-electron chi connectivity index (χ1n) is 8.80. The van der Waals surface area contributed by atoms with Crippen molar-refractivity contribution >= 4 is 33.4 Å². The van der Waals surface area contributed by atoms with Crippen LogP contribution in [-0.4, -0.2) is 26.0 Å². The van der Waals surface area contributed by atoms with Crippen LogP contribution >= 0.6 is 11.8 Å². The molecular formula is C21H20N2O4S2. The molecule has 3 aromatic carbocycles. The van der Waals surface area contributed by atoms with Gasteiger partial charge in [0, 0.05) is 22.0 Å². The molecule has 0 saturated carbocycles. The Morgan fingerprint density at radius 1 is 0.966 bits per heavy atom. The van der Waals surface area contributed by atoms with Gasteiger partial charge in [0.25, 0.3) is 0 Å². The highest BCUT2D eigenvalue weighted by Crippen LogP contribution is 2.35. The van der Waals surface area contributed by atoms with Crippen LogP contribution in [0.4, 0.5) is 5.69 Å². The van der Waals surface area contributed by atoms with Crippen LogP contribution in [0.2, 0.25) is 0 Å². The smallest absolute Gasteiger partial charge is 0.336 e. The molecule has 29 heavy (non-hydrogen) atoms. The van der Waals surface area contributed by atoms with E-state index in [-0.39, 0.29) is 22.7 Å². The van der Waals surface area contributed by atoms with Gasteiger partial charge in [0.1, 0.15) is 0 Å². The van der Waals surface area contributed by atoms with E-state index in [1.165, 1.54) is 30.0 Å². The van der Waals surface area contributed by atoms with Crippen LogP contribution < -0.4 is 10.5 Å². The fourth-order valence-electron chi connectivity index (χ4n) is 2.70. The van der Waals surface area contributed by atoms with E-state index in [2.05, 4.69) is 4.72 Å². The Morgan fingerprint density at radius 2 is 1.66 bits per heavy atom. The normalized spacial score (nSPS) is 11.3. The molecule has 0 bridgehead atoms. The van der Waals surface area contributed by atoms with E-state index in [1.54, 1.807) is 24.3 Å². The Kier molecular flexibility index (Phi) is 6.58. The summed E-state index contributed by atoms with van der Waals surface area (Å²) in [6.07, 6.45) is 0.579. The van der Waals surface area contributed by atoms with Gasteiger partial charge in [-0.05, 0) is 42.3 Å². The highest BCUT2D eigenvalue weighted by atomic mass is 32.2. The molecule has 0 atom stereocenters. The monoisotopic (exact) mass is 428 g/mol. The number of rotatable bonds is 8. The third-order valence-corrected chi connectivity index (χ3v) is 6.80. The molecule has 0 aliphatic carbocycles. The highest BCUT2D eigenvalue weighted by Gasteiger charge is 2.17.